The number of methoxy groups -OCH3 is 1. The average molecular weight is 468 g/mol. The molecule has 2 amide bonds. The van der Waals surface area contributed by atoms with E-state index >= 15 is 0 Å². The van der Waals surface area contributed by atoms with Crippen LogP contribution in [0, 0.1) is 0 Å². The van der Waals surface area contributed by atoms with E-state index in [0.29, 0.717) is 23.4 Å². The summed E-state index contributed by atoms with van der Waals surface area (Å²) < 4.78 is 32.9. The molecule has 172 valence electrons. The molecule has 0 atom stereocenters. The smallest absolute Gasteiger partial charge is 0.248 e. The van der Waals surface area contributed by atoms with Crippen LogP contribution in [0.2, 0.25) is 0 Å². The molecule has 9 heteroatoms. The van der Waals surface area contributed by atoms with Gasteiger partial charge in [-0.15, -0.1) is 0 Å². The van der Waals surface area contributed by atoms with Crippen LogP contribution >= 0.6 is 0 Å². The fourth-order valence-corrected chi connectivity index (χ4v) is 4.55. The summed E-state index contributed by atoms with van der Waals surface area (Å²) >= 11 is 0. The first-order chi connectivity index (χ1) is 15.8. The van der Waals surface area contributed by atoms with Gasteiger partial charge in [0.05, 0.1) is 18.6 Å². The van der Waals surface area contributed by atoms with Crippen LogP contribution in [0.1, 0.15) is 15.9 Å². The van der Waals surface area contributed by atoms with Crippen molar-refractivity contribution in [2.45, 2.75) is 11.3 Å². The average Bonchev–Trinajstić information content (AvgIpc) is 2.82. The van der Waals surface area contributed by atoms with Crippen molar-refractivity contribution in [3.63, 3.8) is 0 Å². The molecule has 0 heterocycles. The molecular formula is C24H25N3O5S. The summed E-state index contributed by atoms with van der Waals surface area (Å²) in [6, 6.07) is 21.5. The summed E-state index contributed by atoms with van der Waals surface area (Å²) in [7, 11) is -2.45. The number of rotatable bonds is 10. The van der Waals surface area contributed by atoms with Crippen molar-refractivity contribution >= 4 is 27.5 Å². The normalized spacial score (nSPS) is 11.2. The van der Waals surface area contributed by atoms with E-state index in [4.69, 9.17) is 10.5 Å². The molecule has 3 aromatic carbocycles. The molecule has 0 spiro atoms. The van der Waals surface area contributed by atoms with E-state index in [9.17, 15) is 18.0 Å². The number of carbonyl (C=O) groups is 2. The minimum absolute atomic E-state index is 0.0648. The summed E-state index contributed by atoms with van der Waals surface area (Å²) in [6.07, 6.45) is 0.441. The zero-order valence-corrected chi connectivity index (χ0v) is 18.9. The molecule has 0 fully saturated rings. The second-order valence-corrected chi connectivity index (χ2v) is 9.18. The maximum absolute atomic E-state index is 13.3. The van der Waals surface area contributed by atoms with E-state index in [1.54, 1.807) is 12.1 Å². The van der Waals surface area contributed by atoms with Gasteiger partial charge < -0.3 is 15.8 Å². The highest BCUT2D eigenvalue weighted by atomic mass is 32.2. The van der Waals surface area contributed by atoms with Gasteiger partial charge in [0.2, 0.25) is 21.8 Å². The van der Waals surface area contributed by atoms with E-state index in [2.05, 4.69) is 5.32 Å². The molecule has 8 nitrogen and oxygen atoms in total. The Bertz CT molecular complexity index is 1200. The number of primary amides is 1. The summed E-state index contributed by atoms with van der Waals surface area (Å²) in [4.78, 5) is 24.0. The number of ether oxygens (including phenoxy) is 1. The van der Waals surface area contributed by atoms with Crippen molar-refractivity contribution in [3.05, 3.63) is 90.0 Å². The Morgan fingerprint density at radius 3 is 2.15 bits per heavy atom. The highest BCUT2D eigenvalue weighted by molar-refractivity contribution is 7.89. The lowest BCUT2D eigenvalue weighted by atomic mass is 10.1. The zero-order valence-electron chi connectivity index (χ0n) is 18.1. The largest absolute Gasteiger partial charge is 0.497 e. The van der Waals surface area contributed by atoms with Gasteiger partial charge in [-0.2, -0.15) is 4.31 Å². The number of nitrogens with zero attached hydrogens (tertiary/aromatic N) is 1. The number of carbonyl (C=O) groups excluding carboxylic acids is 2. The van der Waals surface area contributed by atoms with Crippen molar-refractivity contribution in [2.75, 3.05) is 25.5 Å². The number of hydrogen-bond acceptors (Lipinski definition) is 5. The Balaban J connectivity index is 1.79. The van der Waals surface area contributed by atoms with Crippen molar-refractivity contribution < 1.29 is 22.7 Å². The van der Waals surface area contributed by atoms with E-state index in [0.717, 1.165) is 9.87 Å². The Hall–Kier alpha value is -3.69. The maximum atomic E-state index is 13.3. The van der Waals surface area contributed by atoms with Gasteiger partial charge in [-0.1, -0.05) is 30.3 Å². The van der Waals surface area contributed by atoms with Crippen LogP contribution in [0.5, 0.6) is 5.75 Å². The molecule has 0 bridgehead atoms. The second-order valence-electron chi connectivity index (χ2n) is 7.24. The van der Waals surface area contributed by atoms with Crippen molar-refractivity contribution in [1.29, 1.82) is 0 Å². The quantitative estimate of drug-likeness (QED) is 0.475. The van der Waals surface area contributed by atoms with Gasteiger partial charge in [0.1, 0.15) is 5.75 Å². The molecule has 0 aliphatic carbocycles. The van der Waals surface area contributed by atoms with Crippen LogP contribution in [-0.2, 0) is 21.2 Å². The number of amides is 2. The first kappa shape index (κ1) is 24.0. The third-order valence-electron chi connectivity index (χ3n) is 4.96. The first-order valence-electron chi connectivity index (χ1n) is 10.2. The standard InChI is InChI=1S/C24H25N3O5S/c1-32-21-11-13-22(14-12-21)33(30,31)27(16-15-18-5-3-2-4-6-18)17-23(28)26-20-9-7-19(8-10-20)24(25)29/h2-14H,15-17H2,1H3,(H2,25,29)(H,26,28). The van der Waals surface area contributed by atoms with E-state index in [-0.39, 0.29) is 18.0 Å². The number of benzene rings is 3. The molecule has 3 N–H and O–H groups in total. The molecule has 33 heavy (non-hydrogen) atoms. The predicted octanol–water partition coefficient (Wildman–Crippen LogP) is 2.67. The van der Waals surface area contributed by atoms with Gasteiger partial charge in [0.15, 0.2) is 0 Å². The minimum atomic E-state index is -3.95. The third-order valence-corrected chi connectivity index (χ3v) is 6.82. The molecule has 0 radical (unpaired) electrons. The number of hydrogen-bond donors (Lipinski definition) is 2. The molecule has 0 saturated carbocycles. The van der Waals surface area contributed by atoms with Crippen molar-refractivity contribution in [3.8, 4) is 5.75 Å². The van der Waals surface area contributed by atoms with Gasteiger partial charge in [-0.3, -0.25) is 9.59 Å². The summed E-state index contributed by atoms with van der Waals surface area (Å²) in [5.41, 5.74) is 6.91. The Morgan fingerprint density at radius 1 is 0.939 bits per heavy atom. The van der Waals surface area contributed by atoms with Gasteiger partial charge >= 0.3 is 0 Å². The minimum Gasteiger partial charge on any atom is -0.497 e. The van der Waals surface area contributed by atoms with E-state index in [1.807, 2.05) is 30.3 Å². The monoisotopic (exact) mass is 467 g/mol. The Kier molecular flexibility index (Phi) is 7.81. The molecule has 0 aliphatic rings. The fraction of sp³-hybridized carbons (Fsp3) is 0.167. The fourth-order valence-electron chi connectivity index (χ4n) is 3.16. The third kappa shape index (κ3) is 6.41. The van der Waals surface area contributed by atoms with Crippen LogP contribution in [-0.4, -0.2) is 44.7 Å². The number of sulfonamides is 1. The number of nitrogens with two attached hydrogens (primary N) is 1. The molecule has 0 unspecified atom stereocenters. The lowest BCUT2D eigenvalue weighted by Crippen LogP contribution is -2.39. The van der Waals surface area contributed by atoms with Crippen molar-refractivity contribution in [1.82, 2.24) is 4.31 Å². The van der Waals surface area contributed by atoms with E-state index in [1.165, 1.54) is 43.5 Å². The van der Waals surface area contributed by atoms with Gasteiger partial charge in [0, 0.05) is 17.8 Å². The maximum Gasteiger partial charge on any atom is 0.248 e. The predicted molar refractivity (Wildman–Crippen MR) is 125 cm³/mol. The Labute approximate surface area is 193 Å². The van der Waals surface area contributed by atoms with Crippen LogP contribution in [0.3, 0.4) is 0 Å². The second kappa shape index (κ2) is 10.8. The molecule has 3 rings (SSSR count). The Morgan fingerprint density at radius 2 is 1.58 bits per heavy atom. The molecule has 0 aliphatic heterocycles. The topological polar surface area (TPSA) is 119 Å². The van der Waals surface area contributed by atoms with Crippen LogP contribution in [0.15, 0.2) is 83.8 Å². The lowest BCUT2D eigenvalue weighted by molar-refractivity contribution is -0.116. The molecule has 0 saturated heterocycles. The first-order valence-corrected chi connectivity index (χ1v) is 11.6. The van der Waals surface area contributed by atoms with Crippen LogP contribution < -0.4 is 15.8 Å². The van der Waals surface area contributed by atoms with E-state index < -0.39 is 21.8 Å². The van der Waals surface area contributed by atoms with Gasteiger partial charge in [-0.25, -0.2) is 8.42 Å². The van der Waals surface area contributed by atoms with Crippen molar-refractivity contribution in [2.24, 2.45) is 5.73 Å². The summed E-state index contributed by atoms with van der Waals surface area (Å²) in [5.74, 6) is -0.556. The number of nitrogens with one attached hydrogen (secondary N) is 1. The van der Waals surface area contributed by atoms with Crippen LogP contribution in [0.25, 0.3) is 0 Å². The van der Waals surface area contributed by atoms with Gasteiger partial charge in [0.25, 0.3) is 0 Å². The summed E-state index contributed by atoms with van der Waals surface area (Å²) in [5, 5.41) is 2.66. The molecule has 0 aromatic heterocycles. The highest BCUT2D eigenvalue weighted by Gasteiger charge is 2.26. The summed E-state index contributed by atoms with van der Waals surface area (Å²) in [6.45, 7) is -0.259. The lowest BCUT2D eigenvalue weighted by Gasteiger charge is -2.22. The van der Waals surface area contributed by atoms with Crippen LogP contribution in [0.4, 0.5) is 5.69 Å². The molecular weight excluding hydrogens is 442 g/mol. The highest BCUT2D eigenvalue weighted by Crippen LogP contribution is 2.20. The molecule has 3 aromatic rings. The zero-order chi connectivity index (χ0) is 23.8. The van der Waals surface area contributed by atoms with Gasteiger partial charge in [-0.05, 0) is 60.5 Å². The SMILES string of the molecule is COc1ccc(S(=O)(=O)N(CCc2ccccc2)CC(=O)Nc2ccc(C(N)=O)cc2)cc1. The number of anilines is 1.